The predicted molar refractivity (Wildman–Crippen MR) is 68.8 cm³/mol. The van der Waals surface area contributed by atoms with E-state index in [0.29, 0.717) is 28.8 Å². The summed E-state index contributed by atoms with van der Waals surface area (Å²) in [5.41, 5.74) is 0.657. The van der Waals surface area contributed by atoms with E-state index in [1.54, 1.807) is 19.2 Å². The number of phenols is 1. The highest BCUT2D eigenvalue weighted by molar-refractivity contribution is 9.10. The fourth-order valence-corrected chi connectivity index (χ4v) is 2.59. The van der Waals surface area contributed by atoms with Gasteiger partial charge in [0.1, 0.15) is 11.5 Å². The van der Waals surface area contributed by atoms with Gasteiger partial charge in [0.15, 0.2) is 0 Å². The number of carboxylic acid groups (broad SMARTS) is 1. The minimum absolute atomic E-state index is 0.124. The van der Waals surface area contributed by atoms with Gasteiger partial charge in [-0.1, -0.05) is 0 Å². The molecule has 1 aliphatic rings. The van der Waals surface area contributed by atoms with Crippen molar-refractivity contribution >= 4 is 21.9 Å². The van der Waals surface area contributed by atoms with Crippen molar-refractivity contribution in [3.05, 3.63) is 22.2 Å². The van der Waals surface area contributed by atoms with Crippen molar-refractivity contribution in [2.45, 2.75) is 12.5 Å². The van der Waals surface area contributed by atoms with Crippen molar-refractivity contribution in [1.82, 2.24) is 5.32 Å². The molecule has 0 radical (unpaired) electrons. The third-order valence-electron chi connectivity index (χ3n) is 3.16. The number of phenolic OH excluding ortho intramolecular Hbond substituents is 1. The first-order valence-corrected chi connectivity index (χ1v) is 6.34. The Morgan fingerprint density at radius 3 is 2.83 bits per heavy atom. The molecule has 6 heteroatoms. The average molecular weight is 316 g/mol. The quantitative estimate of drug-likeness (QED) is 0.794. The van der Waals surface area contributed by atoms with Gasteiger partial charge < -0.3 is 20.3 Å². The van der Waals surface area contributed by atoms with Gasteiger partial charge in [-0.15, -0.1) is 0 Å². The lowest BCUT2D eigenvalue weighted by molar-refractivity contribution is -0.141. The summed E-state index contributed by atoms with van der Waals surface area (Å²) in [6, 6.07) is 3.22. The van der Waals surface area contributed by atoms with Crippen molar-refractivity contribution < 1.29 is 19.7 Å². The maximum absolute atomic E-state index is 10.9. The Balaban J connectivity index is 2.29. The van der Waals surface area contributed by atoms with Gasteiger partial charge in [-0.05, 0) is 34.5 Å². The Labute approximate surface area is 113 Å². The first kappa shape index (κ1) is 13.2. The molecule has 1 aromatic rings. The Bertz CT molecular complexity index is 477. The van der Waals surface area contributed by atoms with Gasteiger partial charge in [-0.2, -0.15) is 0 Å². The number of benzene rings is 1. The van der Waals surface area contributed by atoms with Gasteiger partial charge in [0.25, 0.3) is 0 Å². The maximum atomic E-state index is 10.9. The van der Waals surface area contributed by atoms with Gasteiger partial charge in [0.05, 0.1) is 17.5 Å². The van der Waals surface area contributed by atoms with Crippen molar-refractivity contribution in [3.8, 4) is 11.5 Å². The molecule has 0 bridgehead atoms. The Kier molecular flexibility index (Phi) is 3.77. The molecule has 0 saturated carbocycles. The van der Waals surface area contributed by atoms with Crippen LogP contribution in [-0.2, 0) is 4.79 Å². The largest absolute Gasteiger partial charge is 0.506 e. The van der Waals surface area contributed by atoms with Crippen molar-refractivity contribution in [2.24, 2.45) is 5.92 Å². The Morgan fingerprint density at radius 1 is 1.56 bits per heavy atom. The molecule has 2 unspecified atom stereocenters. The van der Waals surface area contributed by atoms with Crippen LogP contribution in [0.25, 0.3) is 0 Å². The second kappa shape index (κ2) is 5.16. The van der Waals surface area contributed by atoms with Crippen LogP contribution in [0.1, 0.15) is 18.0 Å². The molecule has 1 fully saturated rings. The van der Waals surface area contributed by atoms with Crippen LogP contribution < -0.4 is 10.1 Å². The summed E-state index contributed by atoms with van der Waals surface area (Å²) < 4.78 is 5.68. The monoisotopic (exact) mass is 315 g/mol. The van der Waals surface area contributed by atoms with Crippen molar-refractivity contribution in [3.63, 3.8) is 0 Å². The summed E-state index contributed by atoms with van der Waals surface area (Å²) in [7, 11) is 1.55. The van der Waals surface area contributed by atoms with Gasteiger partial charge in [0.2, 0.25) is 0 Å². The van der Waals surface area contributed by atoms with Gasteiger partial charge in [-0.25, -0.2) is 0 Å². The molecule has 3 N–H and O–H groups in total. The lowest BCUT2D eigenvalue weighted by Crippen LogP contribution is -2.17. The van der Waals surface area contributed by atoms with Crippen LogP contribution in [0.4, 0.5) is 0 Å². The van der Waals surface area contributed by atoms with Crippen LogP contribution >= 0.6 is 15.9 Å². The number of aromatic hydroxyl groups is 1. The summed E-state index contributed by atoms with van der Waals surface area (Å²) in [5.74, 6) is -0.486. The van der Waals surface area contributed by atoms with Crippen LogP contribution in [0.15, 0.2) is 16.6 Å². The van der Waals surface area contributed by atoms with Crippen LogP contribution in [0.2, 0.25) is 0 Å². The van der Waals surface area contributed by atoms with Crippen LogP contribution in [-0.4, -0.2) is 29.8 Å². The number of methoxy groups -OCH3 is 1. The standard InChI is InChI=1S/C12H14BrNO4/c1-18-7-3-8(11(15)9(13)4-7)10-2-6(5-14-10)12(16)17/h3-4,6,10,14-15H,2,5H2,1H3,(H,16,17). The van der Waals surface area contributed by atoms with E-state index < -0.39 is 11.9 Å². The number of halogens is 1. The maximum Gasteiger partial charge on any atom is 0.307 e. The fourth-order valence-electron chi connectivity index (χ4n) is 2.14. The molecule has 1 saturated heterocycles. The minimum Gasteiger partial charge on any atom is -0.506 e. The molecule has 18 heavy (non-hydrogen) atoms. The molecule has 0 aliphatic carbocycles. The van der Waals surface area contributed by atoms with E-state index in [-0.39, 0.29) is 11.8 Å². The number of rotatable bonds is 3. The van der Waals surface area contributed by atoms with E-state index in [1.807, 2.05) is 0 Å². The number of carbonyl (C=O) groups is 1. The number of carboxylic acids is 1. The summed E-state index contributed by atoms with van der Waals surface area (Å²) in [6.07, 6.45) is 0.461. The third-order valence-corrected chi connectivity index (χ3v) is 3.76. The summed E-state index contributed by atoms with van der Waals surface area (Å²) in [6.45, 7) is 0.411. The molecule has 1 heterocycles. The molecule has 5 nitrogen and oxygen atoms in total. The van der Waals surface area contributed by atoms with Crippen molar-refractivity contribution in [1.29, 1.82) is 0 Å². The van der Waals surface area contributed by atoms with Gasteiger partial charge in [0, 0.05) is 18.2 Å². The normalized spacial score (nSPS) is 23.0. The van der Waals surface area contributed by atoms with Gasteiger partial charge >= 0.3 is 5.97 Å². The molecule has 0 aromatic heterocycles. The fraction of sp³-hybridized carbons (Fsp3) is 0.417. The number of hydrogen-bond donors (Lipinski definition) is 3. The van der Waals surface area contributed by atoms with Crippen LogP contribution in [0.5, 0.6) is 11.5 Å². The number of nitrogens with one attached hydrogen (secondary N) is 1. The molecule has 98 valence electrons. The first-order valence-electron chi connectivity index (χ1n) is 5.55. The third kappa shape index (κ3) is 2.44. The lowest BCUT2D eigenvalue weighted by Gasteiger charge is -2.15. The number of hydrogen-bond acceptors (Lipinski definition) is 4. The van der Waals surface area contributed by atoms with Crippen LogP contribution in [0.3, 0.4) is 0 Å². The van der Waals surface area contributed by atoms with E-state index in [9.17, 15) is 9.90 Å². The molecule has 0 spiro atoms. The molecular formula is C12H14BrNO4. The van der Waals surface area contributed by atoms with E-state index in [1.165, 1.54) is 0 Å². The van der Waals surface area contributed by atoms with Gasteiger partial charge in [-0.3, -0.25) is 4.79 Å². The summed E-state index contributed by atoms with van der Waals surface area (Å²) in [4.78, 5) is 10.9. The molecule has 1 aromatic carbocycles. The summed E-state index contributed by atoms with van der Waals surface area (Å²) >= 11 is 3.25. The summed E-state index contributed by atoms with van der Waals surface area (Å²) in [5, 5.41) is 22.1. The number of ether oxygens (including phenoxy) is 1. The highest BCUT2D eigenvalue weighted by Crippen LogP contribution is 2.39. The molecule has 2 atom stereocenters. The van der Waals surface area contributed by atoms with Crippen LogP contribution in [0, 0.1) is 5.92 Å². The zero-order chi connectivity index (χ0) is 13.3. The molecular weight excluding hydrogens is 302 g/mol. The zero-order valence-electron chi connectivity index (χ0n) is 9.81. The number of aliphatic carboxylic acids is 1. The second-order valence-electron chi connectivity index (χ2n) is 4.28. The minimum atomic E-state index is -0.813. The second-order valence-corrected chi connectivity index (χ2v) is 5.13. The molecule has 1 aliphatic heterocycles. The van der Waals surface area contributed by atoms with E-state index in [4.69, 9.17) is 9.84 Å². The highest BCUT2D eigenvalue weighted by Gasteiger charge is 2.32. The Hall–Kier alpha value is -1.27. The molecule has 2 rings (SSSR count). The Morgan fingerprint density at radius 2 is 2.28 bits per heavy atom. The lowest BCUT2D eigenvalue weighted by atomic mass is 9.99. The predicted octanol–water partition coefficient (Wildman–Crippen LogP) is 1.90. The average Bonchev–Trinajstić information content (AvgIpc) is 2.82. The van der Waals surface area contributed by atoms with Crippen molar-refractivity contribution in [2.75, 3.05) is 13.7 Å². The topological polar surface area (TPSA) is 78.8 Å². The SMILES string of the molecule is COc1cc(Br)c(O)c(C2CC(C(=O)O)CN2)c1. The smallest absolute Gasteiger partial charge is 0.307 e. The molecule has 0 amide bonds. The van der Waals surface area contributed by atoms with E-state index in [2.05, 4.69) is 21.2 Å². The van der Waals surface area contributed by atoms with E-state index >= 15 is 0 Å². The van der Waals surface area contributed by atoms with E-state index in [0.717, 1.165) is 0 Å². The first-order chi connectivity index (χ1) is 8.52. The highest BCUT2D eigenvalue weighted by atomic mass is 79.9. The zero-order valence-corrected chi connectivity index (χ0v) is 11.4.